The first-order valence-corrected chi connectivity index (χ1v) is 3.95. The Morgan fingerprint density at radius 3 is 2.83 bits per heavy atom. The second-order valence-corrected chi connectivity index (χ2v) is 2.91. The Hall–Kier alpha value is -0.640. The Labute approximate surface area is 79.5 Å². The van der Waals surface area contributed by atoms with Crippen molar-refractivity contribution in [3.63, 3.8) is 0 Å². The third-order valence-corrected chi connectivity index (χ3v) is 1.80. The molecule has 0 bridgehead atoms. The predicted octanol–water partition coefficient (Wildman–Crippen LogP) is 1.53. The maximum Gasteiger partial charge on any atom is 0.179 e. The van der Waals surface area contributed by atoms with Crippen LogP contribution in [0.4, 0.5) is 0 Å². The number of aromatic nitrogens is 1. The van der Waals surface area contributed by atoms with Crippen LogP contribution in [0.1, 0.15) is 10.4 Å². The number of hydrogen-bond acceptors (Lipinski definition) is 3. The van der Waals surface area contributed by atoms with Crippen LogP contribution < -0.4 is 5.73 Å². The van der Waals surface area contributed by atoms with Crippen LogP contribution in [0.15, 0.2) is 12.3 Å². The summed E-state index contributed by atoms with van der Waals surface area (Å²) in [7, 11) is 0. The zero-order valence-electron chi connectivity index (χ0n) is 6.05. The number of nitrogens with zero attached hydrogens (tertiary/aromatic N) is 1. The molecule has 5 heteroatoms. The highest BCUT2D eigenvalue weighted by atomic mass is 35.5. The van der Waals surface area contributed by atoms with E-state index in [-0.39, 0.29) is 23.0 Å². The van der Waals surface area contributed by atoms with Crippen LogP contribution in [-0.4, -0.2) is 17.3 Å². The van der Waals surface area contributed by atoms with Gasteiger partial charge in [0.2, 0.25) is 0 Å². The minimum Gasteiger partial charge on any atom is -0.324 e. The van der Waals surface area contributed by atoms with Gasteiger partial charge in [-0.2, -0.15) is 0 Å². The van der Waals surface area contributed by atoms with Crippen molar-refractivity contribution in [1.82, 2.24) is 4.98 Å². The van der Waals surface area contributed by atoms with Gasteiger partial charge in [-0.1, -0.05) is 23.2 Å². The van der Waals surface area contributed by atoms with E-state index in [4.69, 9.17) is 28.9 Å². The monoisotopic (exact) mass is 204 g/mol. The molecule has 1 heterocycles. The third-order valence-electron chi connectivity index (χ3n) is 1.29. The molecule has 12 heavy (non-hydrogen) atoms. The van der Waals surface area contributed by atoms with Gasteiger partial charge in [0, 0.05) is 6.20 Å². The summed E-state index contributed by atoms with van der Waals surface area (Å²) in [5, 5.41) is 0.506. The Morgan fingerprint density at radius 2 is 2.25 bits per heavy atom. The van der Waals surface area contributed by atoms with Crippen LogP contribution in [-0.2, 0) is 0 Å². The predicted molar refractivity (Wildman–Crippen MR) is 47.6 cm³/mol. The van der Waals surface area contributed by atoms with Crippen LogP contribution in [0, 0.1) is 0 Å². The molecule has 2 N–H and O–H groups in total. The van der Waals surface area contributed by atoms with Crippen molar-refractivity contribution in [1.29, 1.82) is 0 Å². The Morgan fingerprint density at radius 1 is 1.58 bits per heavy atom. The van der Waals surface area contributed by atoms with Crippen LogP contribution in [0.3, 0.4) is 0 Å². The number of carbonyl (C=O) groups is 1. The molecule has 3 nitrogen and oxygen atoms in total. The quantitative estimate of drug-likeness (QED) is 0.588. The Balaban J connectivity index is 3.13. The molecule has 0 atom stereocenters. The zero-order chi connectivity index (χ0) is 9.14. The smallest absolute Gasteiger partial charge is 0.179 e. The van der Waals surface area contributed by atoms with Gasteiger partial charge < -0.3 is 5.73 Å². The van der Waals surface area contributed by atoms with E-state index in [1.165, 1.54) is 12.3 Å². The van der Waals surface area contributed by atoms with Gasteiger partial charge in [-0.3, -0.25) is 4.79 Å². The summed E-state index contributed by atoms with van der Waals surface area (Å²) in [6.45, 7) is -0.0955. The maximum atomic E-state index is 11.1. The van der Waals surface area contributed by atoms with E-state index in [1.54, 1.807) is 0 Å². The van der Waals surface area contributed by atoms with Gasteiger partial charge in [-0.05, 0) is 6.07 Å². The van der Waals surface area contributed by atoms with Crippen molar-refractivity contribution in [2.24, 2.45) is 5.73 Å². The molecule has 0 aromatic carbocycles. The molecule has 0 unspecified atom stereocenters. The topological polar surface area (TPSA) is 56.0 Å². The van der Waals surface area contributed by atoms with E-state index in [0.717, 1.165) is 0 Å². The third kappa shape index (κ3) is 1.94. The number of ketones is 1. The van der Waals surface area contributed by atoms with E-state index >= 15 is 0 Å². The number of halogens is 2. The Kier molecular flexibility index (Phi) is 3.03. The minimum atomic E-state index is -0.269. The van der Waals surface area contributed by atoms with E-state index in [1.807, 2.05) is 0 Å². The molecule has 1 rings (SSSR count). The summed E-state index contributed by atoms with van der Waals surface area (Å²) in [5.74, 6) is -0.269. The summed E-state index contributed by atoms with van der Waals surface area (Å²) in [6, 6.07) is 1.45. The molecule has 0 spiro atoms. The summed E-state index contributed by atoms with van der Waals surface area (Å²) >= 11 is 11.2. The first-order valence-electron chi connectivity index (χ1n) is 3.19. The van der Waals surface area contributed by atoms with Crippen LogP contribution in [0.2, 0.25) is 10.2 Å². The molecule has 0 saturated carbocycles. The SMILES string of the molecule is NCC(=O)c1cc(Cl)cnc1Cl. The summed E-state index contributed by atoms with van der Waals surface area (Å²) in [6.07, 6.45) is 1.37. The lowest BCUT2D eigenvalue weighted by molar-refractivity contribution is 0.100. The molecule has 0 saturated heterocycles. The summed E-state index contributed by atoms with van der Waals surface area (Å²) < 4.78 is 0. The summed E-state index contributed by atoms with van der Waals surface area (Å²) in [4.78, 5) is 14.8. The van der Waals surface area contributed by atoms with Crippen LogP contribution in [0.5, 0.6) is 0 Å². The zero-order valence-corrected chi connectivity index (χ0v) is 7.56. The van der Waals surface area contributed by atoms with Gasteiger partial charge in [0.25, 0.3) is 0 Å². The fourth-order valence-electron chi connectivity index (χ4n) is 0.728. The minimum absolute atomic E-state index is 0.0955. The van der Waals surface area contributed by atoms with Gasteiger partial charge in [-0.25, -0.2) is 4.98 Å². The van der Waals surface area contributed by atoms with Crippen molar-refractivity contribution < 1.29 is 4.79 Å². The average molecular weight is 205 g/mol. The molecule has 0 aliphatic carbocycles. The van der Waals surface area contributed by atoms with Gasteiger partial charge >= 0.3 is 0 Å². The van der Waals surface area contributed by atoms with Crippen LogP contribution >= 0.6 is 23.2 Å². The van der Waals surface area contributed by atoms with E-state index < -0.39 is 0 Å². The Bertz CT molecular complexity index is 314. The number of Topliss-reactive ketones (excluding diaryl/α,β-unsaturated/α-hetero) is 1. The van der Waals surface area contributed by atoms with Crippen molar-refractivity contribution in [3.8, 4) is 0 Å². The lowest BCUT2D eigenvalue weighted by atomic mass is 10.2. The first-order chi connectivity index (χ1) is 5.65. The van der Waals surface area contributed by atoms with Crippen molar-refractivity contribution >= 4 is 29.0 Å². The van der Waals surface area contributed by atoms with Gasteiger partial charge in [0.15, 0.2) is 5.78 Å². The number of carbonyl (C=O) groups excluding carboxylic acids is 1. The van der Waals surface area contributed by atoms with Crippen molar-refractivity contribution in [3.05, 3.63) is 28.0 Å². The number of hydrogen-bond donors (Lipinski definition) is 1. The lowest BCUT2D eigenvalue weighted by Crippen LogP contribution is -2.14. The van der Waals surface area contributed by atoms with E-state index in [9.17, 15) is 4.79 Å². The molecule has 0 aliphatic rings. The molecule has 0 amide bonds. The molecule has 0 aliphatic heterocycles. The molecule has 1 aromatic rings. The molecular formula is C7H6Cl2N2O. The van der Waals surface area contributed by atoms with Crippen molar-refractivity contribution in [2.75, 3.05) is 6.54 Å². The van der Waals surface area contributed by atoms with E-state index in [0.29, 0.717) is 5.02 Å². The number of nitrogens with two attached hydrogens (primary N) is 1. The lowest BCUT2D eigenvalue weighted by Gasteiger charge is -1.99. The maximum absolute atomic E-state index is 11.1. The van der Waals surface area contributed by atoms with Gasteiger partial charge in [-0.15, -0.1) is 0 Å². The second-order valence-electron chi connectivity index (χ2n) is 2.12. The molecule has 0 fully saturated rings. The number of rotatable bonds is 2. The normalized spacial score (nSPS) is 9.92. The number of pyridine rings is 1. The standard InChI is InChI=1S/C7H6Cl2N2O/c8-4-1-5(6(12)2-10)7(9)11-3-4/h1,3H,2,10H2. The highest BCUT2D eigenvalue weighted by Crippen LogP contribution is 2.17. The van der Waals surface area contributed by atoms with Crippen molar-refractivity contribution in [2.45, 2.75) is 0 Å². The van der Waals surface area contributed by atoms with Gasteiger partial charge in [0.1, 0.15) is 5.15 Å². The largest absolute Gasteiger partial charge is 0.324 e. The molecular weight excluding hydrogens is 199 g/mol. The van der Waals surface area contributed by atoms with E-state index in [2.05, 4.69) is 4.98 Å². The highest BCUT2D eigenvalue weighted by molar-refractivity contribution is 6.34. The summed E-state index contributed by atoms with van der Waals surface area (Å²) in [5.41, 5.74) is 5.41. The second kappa shape index (κ2) is 3.85. The fourth-order valence-corrected chi connectivity index (χ4v) is 1.09. The molecule has 64 valence electrons. The highest BCUT2D eigenvalue weighted by Gasteiger charge is 2.09. The average Bonchev–Trinajstić information content (AvgIpc) is 2.08. The first kappa shape index (κ1) is 9.45. The molecule has 0 radical (unpaired) electrons. The van der Waals surface area contributed by atoms with Crippen LogP contribution in [0.25, 0.3) is 0 Å². The fraction of sp³-hybridized carbons (Fsp3) is 0.143. The molecule has 1 aromatic heterocycles. The van der Waals surface area contributed by atoms with Gasteiger partial charge in [0.05, 0.1) is 17.1 Å².